The van der Waals surface area contributed by atoms with Crippen molar-refractivity contribution in [1.29, 1.82) is 0 Å². The zero-order valence-corrected chi connectivity index (χ0v) is 17.5. The van der Waals surface area contributed by atoms with Crippen LogP contribution in [0.4, 0.5) is 0 Å². The number of carbonyl (C=O) groups excluding carboxylic acids is 1. The fourth-order valence-electron chi connectivity index (χ4n) is 2.63. The van der Waals surface area contributed by atoms with E-state index in [1.54, 1.807) is 4.31 Å². The molecular formula is C17H20ClNO2S3. The lowest BCUT2D eigenvalue weighted by Crippen LogP contribution is -2.39. The highest BCUT2D eigenvalue weighted by Gasteiger charge is 2.48. The Labute approximate surface area is 162 Å². The number of thiocarbonyl (C=S) groups is 1. The monoisotopic (exact) mass is 401 g/mol. The van der Waals surface area contributed by atoms with Gasteiger partial charge in [-0.3, -0.25) is 9.10 Å². The van der Waals surface area contributed by atoms with Gasteiger partial charge in [0.2, 0.25) is 4.38 Å². The Morgan fingerprint density at radius 1 is 1.42 bits per heavy atom. The van der Waals surface area contributed by atoms with Crippen LogP contribution in [0.25, 0.3) is 5.57 Å². The van der Waals surface area contributed by atoms with Gasteiger partial charge < -0.3 is 4.74 Å². The second kappa shape index (κ2) is 7.68. The summed E-state index contributed by atoms with van der Waals surface area (Å²) in [7, 11) is 0. The highest BCUT2D eigenvalue weighted by Crippen LogP contribution is 2.45. The molecule has 0 N–H and O–H groups in total. The molecular weight excluding hydrogens is 382 g/mol. The summed E-state index contributed by atoms with van der Waals surface area (Å²) in [6.45, 7) is 7.87. The van der Waals surface area contributed by atoms with E-state index in [1.165, 1.54) is 23.7 Å². The van der Waals surface area contributed by atoms with Crippen LogP contribution in [0.2, 0.25) is 5.02 Å². The standard InChI is InChI=1S/C17H20ClNO2S3/c1-6-24-16(22)21-14-13(11-8-7-10(2)9-12(11)18)15(20)19(23-5)17(14,3)4/h7-9H,6H2,1-5H3. The molecule has 1 aliphatic heterocycles. The van der Waals surface area contributed by atoms with Gasteiger partial charge in [-0.05, 0) is 62.3 Å². The molecule has 0 spiro atoms. The SMILES string of the molecule is CCSC(=S)OC1=C(c2ccc(C)cc2Cl)C(=O)N(SC)C1(C)C. The van der Waals surface area contributed by atoms with Gasteiger partial charge in [0.25, 0.3) is 5.91 Å². The molecule has 0 unspecified atom stereocenters. The number of hydrogen-bond acceptors (Lipinski definition) is 5. The Morgan fingerprint density at radius 3 is 2.62 bits per heavy atom. The van der Waals surface area contributed by atoms with Crippen LogP contribution in [-0.4, -0.2) is 32.1 Å². The molecule has 0 fully saturated rings. The van der Waals surface area contributed by atoms with Crippen LogP contribution in [0, 0.1) is 6.92 Å². The van der Waals surface area contributed by atoms with E-state index in [2.05, 4.69) is 0 Å². The van der Waals surface area contributed by atoms with Crippen LogP contribution < -0.4 is 0 Å². The Hall–Kier alpha value is -0.690. The molecule has 2 rings (SSSR count). The number of aryl methyl sites for hydroxylation is 1. The molecule has 1 amide bonds. The largest absolute Gasteiger partial charge is 0.441 e. The number of amides is 1. The summed E-state index contributed by atoms with van der Waals surface area (Å²) in [6, 6.07) is 5.65. The molecule has 7 heteroatoms. The molecule has 130 valence electrons. The third-order valence-corrected chi connectivity index (χ3v) is 6.06. The van der Waals surface area contributed by atoms with Crippen LogP contribution in [-0.2, 0) is 9.53 Å². The quantitative estimate of drug-likeness (QED) is 0.503. The van der Waals surface area contributed by atoms with Crippen molar-refractivity contribution in [3.05, 3.63) is 40.1 Å². The number of nitrogens with zero attached hydrogens (tertiary/aromatic N) is 1. The van der Waals surface area contributed by atoms with Crippen LogP contribution in [0.5, 0.6) is 0 Å². The van der Waals surface area contributed by atoms with E-state index in [0.717, 1.165) is 11.3 Å². The average molecular weight is 402 g/mol. The lowest BCUT2D eigenvalue weighted by atomic mass is 9.98. The lowest BCUT2D eigenvalue weighted by molar-refractivity contribution is -0.121. The van der Waals surface area contributed by atoms with Gasteiger partial charge in [0.1, 0.15) is 11.3 Å². The molecule has 0 radical (unpaired) electrons. The van der Waals surface area contributed by atoms with E-state index in [4.69, 9.17) is 28.6 Å². The first-order valence-electron chi connectivity index (χ1n) is 7.48. The Morgan fingerprint density at radius 2 is 2.08 bits per heavy atom. The van der Waals surface area contributed by atoms with Crippen molar-refractivity contribution in [3.63, 3.8) is 0 Å². The number of hydrogen-bond donors (Lipinski definition) is 0. The number of benzene rings is 1. The van der Waals surface area contributed by atoms with Crippen molar-refractivity contribution in [2.75, 3.05) is 12.0 Å². The van der Waals surface area contributed by atoms with Gasteiger partial charge in [-0.1, -0.05) is 42.4 Å². The predicted octanol–water partition coefficient (Wildman–Crippen LogP) is 5.31. The molecule has 0 saturated carbocycles. The van der Waals surface area contributed by atoms with Crippen LogP contribution in [0.3, 0.4) is 0 Å². The summed E-state index contributed by atoms with van der Waals surface area (Å²) >= 11 is 14.5. The molecule has 3 nitrogen and oxygen atoms in total. The fraction of sp³-hybridized carbons (Fsp3) is 0.412. The minimum absolute atomic E-state index is 0.113. The van der Waals surface area contributed by atoms with Crippen LogP contribution >= 0.6 is 47.5 Å². The minimum Gasteiger partial charge on any atom is -0.441 e. The van der Waals surface area contributed by atoms with Crippen molar-refractivity contribution < 1.29 is 9.53 Å². The van der Waals surface area contributed by atoms with E-state index in [0.29, 0.717) is 26.3 Å². The van der Waals surface area contributed by atoms with Gasteiger partial charge >= 0.3 is 0 Å². The minimum atomic E-state index is -0.613. The number of rotatable bonds is 4. The predicted molar refractivity (Wildman–Crippen MR) is 109 cm³/mol. The van der Waals surface area contributed by atoms with Gasteiger partial charge in [-0.25, -0.2) is 0 Å². The second-order valence-corrected chi connectivity index (χ2v) is 8.82. The summed E-state index contributed by atoms with van der Waals surface area (Å²) < 4.78 is 8.08. The maximum absolute atomic E-state index is 13.0. The average Bonchev–Trinajstić information content (AvgIpc) is 2.66. The van der Waals surface area contributed by atoms with Crippen LogP contribution in [0.15, 0.2) is 24.0 Å². The van der Waals surface area contributed by atoms with Crippen molar-refractivity contribution in [1.82, 2.24) is 4.31 Å². The van der Waals surface area contributed by atoms with E-state index >= 15 is 0 Å². The molecule has 1 aromatic carbocycles. The van der Waals surface area contributed by atoms with E-state index in [-0.39, 0.29) is 5.91 Å². The van der Waals surface area contributed by atoms with Gasteiger partial charge in [-0.15, -0.1) is 0 Å². The molecule has 0 atom stereocenters. The topological polar surface area (TPSA) is 29.5 Å². The summed E-state index contributed by atoms with van der Waals surface area (Å²) in [6.07, 6.45) is 1.87. The highest BCUT2D eigenvalue weighted by molar-refractivity contribution is 8.22. The highest BCUT2D eigenvalue weighted by atomic mass is 35.5. The Kier molecular flexibility index (Phi) is 6.29. The van der Waals surface area contributed by atoms with Gasteiger partial charge in [-0.2, -0.15) is 0 Å². The fourth-order valence-corrected chi connectivity index (χ4v) is 4.57. The zero-order valence-electron chi connectivity index (χ0n) is 14.3. The zero-order chi connectivity index (χ0) is 18.1. The van der Waals surface area contributed by atoms with E-state index in [1.807, 2.05) is 52.1 Å². The smallest absolute Gasteiger partial charge is 0.268 e. The summed E-state index contributed by atoms with van der Waals surface area (Å²) in [4.78, 5) is 13.0. The number of thioether (sulfide) groups is 1. The molecule has 24 heavy (non-hydrogen) atoms. The maximum Gasteiger partial charge on any atom is 0.268 e. The molecule has 1 aliphatic rings. The third kappa shape index (κ3) is 3.62. The van der Waals surface area contributed by atoms with Gasteiger partial charge in [0, 0.05) is 16.8 Å². The third-order valence-electron chi connectivity index (χ3n) is 3.71. The first-order chi connectivity index (χ1) is 11.2. The van der Waals surface area contributed by atoms with E-state index in [9.17, 15) is 4.79 Å². The molecule has 0 saturated heterocycles. The molecule has 1 heterocycles. The Balaban J connectivity index is 2.62. The lowest BCUT2D eigenvalue weighted by Gasteiger charge is -2.31. The van der Waals surface area contributed by atoms with E-state index < -0.39 is 5.54 Å². The van der Waals surface area contributed by atoms with Crippen molar-refractivity contribution in [2.24, 2.45) is 0 Å². The van der Waals surface area contributed by atoms with Crippen molar-refractivity contribution >= 4 is 63.4 Å². The first kappa shape index (κ1) is 19.6. The van der Waals surface area contributed by atoms with Gasteiger partial charge in [0.05, 0.1) is 5.57 Å². The maximum atomic E-state index is 13.0. The molecule has 0 aliphatic carbocycles. The van der Waals surface area contributed by atoms with Crippen LogP contribution in [0.1, 0.15) is 31.9 Å². The van der Waals surface area contributed by atoms with Gasteiger partial charge in [0.15, 0.2) is 0 Å². The summed E-state index contributed by atoms with van der Waals surface area (Å²) in [5.74, 6) is 1.25. The Bertz CT molecular complexity index is 716. The summed E-state index contributed by atoms with van der Waals surface area (Å²) in [5, 5.41) is 0.535. The second-order valence-electron chi connectivity index (χ2n) is 5.81. The number of ether oxygens (including phenoxy) is 1. The molecule has 0 bridgehead atoms. The van der Waals surface area contributed by atoms with Crippen molar-refractivity contribution in [3.8, 4) is 0 Å². The number of halogens is 1. The van der Waals surface area contributed by atoms with Crippen molar-refractivity contribution in [2.45, 2.75) is 33.2 Å². The number of carbonyl (C=O) groups is 1. The first-order valence-corrected chi connectivity index (χ1v) is 10.4. The summed E-state index contributed by atoms with van der Waals surface area (Å²) in [5.41, 5.74) is 1.59. The molecule has 0 aromatic heterocycles. The normalized spacial score (nSPS) is 16.8. The molecule has 1 aromatic rings.